The molecule has 0 spiro atoms. The van der Waals surface area contributed by atoms with Gasteiger partial charge in [0, 0.05) is 12.2 Å². The molecule has 1 aromatic rings. The minimum atomic E-state index is -0.260. The smallest absolute Gasteiger partial charge is 0.325 e. The van der Waals surface area contributed by atoms with Crippen LogP contribution in [-0.2, 0) is 16.1 Å². The molecule has 0 radical (unpaired) electrons. The van der Waals surface area contributed by atoms with Gasteiger partial charge in [-0.2, -0.15) is 0 Å². The highest BCUT2D eigenvalue weighted by molar-refractivity contribution is 5.75. The van der Waals surface area contributed by atoms with Crippen molar-refractivity contribution in [2.45, 2.75) is 13.5 Å². The summed E-state index contributed by atoms with van der Waals surface area (Å²) in [5, 5.41) is 2.99. The maximum absolute atomic E-state index is 11.1. The van der Waals surface area contributed by atoms with E-state index in [2.05, 4.69) is 5.32 Å². The van der Waals surface area contributed by atoms with Crippen molar-refractivity contribution < 1.29 is 9.53 Å². The number of nitrogens with one attached hydrogen (secondary N) is 1. The van der Waals surface area contributed by atoms with E-state index < -0.39 is 0 Å². The lowest BCUT2D eigenvalue weighted by atomic mass is 10.2. The van der Waals surface area contributed by atoms with Gasteiger partial charge < -0.3 is 15.8 Å². The molecule has 1 rings (SSSR count). The summed E-state index contributed by atoms with van der Waals surface area (Å²) in [6.45, 7) is 2.81. The van der Waals surface area contributed by atoms with Crippen molar-refractivity contribution in [3.8, 4) is 0 Å². The molecule has 3 N–H and O–H groups in total. The number of esters is 1. The van der Waals surface area contributed by atoms with Gasteiger partial charge in [0.25, 0.3) is 0 Å². The summed E-state index contributed by atoms with van der Waals surface area (Å²) in [6.07, 6.45) is 0. The summed E-state index contributed by atoms with van der Waals surface area (Å²) in [6, 6.07) is 7.62. The van der Waals surface area contributed by atoms with Crippen molar-refractivity contribution >= 4 is 11.7 Å². The van der Waals surface area contributed by atoms with Gasteiger partial charge in [0.1, 0.15) is 6.54 Å². The number of carbonyl (C=O) groups is 1. The van der Waals surface area contributed by atoms with Crippen molar-refractivity contribution in [2.24, 2.45) is 5.73 Å². The van der Waals surface area contributed by atoms with Crippen molar-refractivity contribution in [3.63, 3.8) is 0 Å². The Balaban J connectivity index is 2.53. The first kappa shape index (κ1) is 11.5. The molecule has 4 heteroatoms. The van der Waals surface area contributed by atoms with Gasteiger partial charge in [-0.05, 0) is 18.6 Å². The fourth-order valence-corrected chi connectivity index (χ4v) is 1.25. The number of hydrogen-bond acceptors (Lipinski definition) is 4. The predicted octanol–water partition coefficient (Wildman–Crippen LogP) is 1.12. The van der Waals surface area contributed by atoms with Crippen LogP contribution < -0.4 is 11.1 Å². The quantitative estimate of drug-likeness (QED) is 0.712. The molecular formula is C11H16N2O2. The molecule has 0 saturated carbocycles. The first-order valence-corrected chi connectivity index (χ1v) is 4.95. The van der Waals surface area contributed by atoms with E-state index in [0.29, 0.717) is 13.2 Å². The summed E-state index contributed by atoms with van der Waals surface area (Å²) >= 11 is 0. The van der Waals surface area contributed by atoms with Crippen LogP contribution in [0.15, 0.2) is 24.3 Å². The van der Waals surface area contributed by atoms with Crippen molar-refractivity contribution in [1.29, 1.82) is 0 Å². The van der Waals surface area contributed by atoms with Crippen molar-refractivity contribution in [2.75, 3.05) is 18.5 Å². The average molecular weight is 208 g/mol. The van der Waals surface area contributed by atoms with Crippen LogP contribution in [0.25, 0.3) is 0 Å². The van der Waals surface area contributed by atoms with Crippen LogP contribution in [0.2, 0.25) is 0 Å². The number of rotatable bonds is 5. The third-order valence-corrected chi connectivity index (χ3v) is 1.97. The predicted molar refractivity (Wildman–Crippen MR) is 59.5 cm³/mol. The Morgan fingerprint density at radius 1 is 1.47 bits per heavy atom. The van der Waals surface area contributed by atoms with Crippen LogP contribution >= 0.6 is 0 Å². The minimum Gasteiger partial charge on any atom is -0.465 e. The number of ether oxygens (including phenoxy) is 1. The van der Waals surface area contributed by atoms with Gasteiger partial charge in [-0.25, -0.2) is 0 Å². The second kappa shape index (κ2) is 6.03. The zero-order valence-electron chi connectivity index (χ0n) is 8.82. The first-order chi connectivity index (χ1) is 7.27. The lowest BCUT2D eigenvalue weighted by Crippen LogP contribution is -2.17. The van der Waals surface area contributed by atoms with Gasteiger partial charge in [-0.15, -0.1) is 0 Å². The number of para-hydroxylation sites is 1. The molecule has 0 aliphatic carbocycles. The summed E-state index contributed by atoms with van der Waals surface area (Å²) in [5.74, 6) is -0.260. The molecule has 0 saturated heterocycles. The third-order valence-electron chi connectivity index (χ3n) is 1.97. The van der Waals surface area contributed by atoms with E-state index in [0.717, 1.165) is 11.3 Å². The molecule has 0 amide bonds. The maximum atomic E-state index is 11.1. The van der Waals surface area contributed by atoms with E-state index in [9.17, 15) is 4.79 Å². The molecule has 0 atom stereocenters. The highest BCUT2D eigenvalue weighted by Crippen LogP contribution is 2.13. The monoisotopic (exact) mass is 208 g/mol. The van der Waals surface area contributed by atoms with Gasteiger partial charge in [-0.1, -0.05) is 18.2 Å². The molecule has 0 heterocycles. The van der Waals surface area contributed by atoms with Gasteiger partial charge in [0.15, 0.2) is 0 Å². The number of hydrogen-bond donors (Lipinski definition) is 2. The Morgan fingerprint density at radius 3 is 2.87 bits per heavy atom. The lowest BCUT2D eigenvalue weighted by molar-refractivity contribution is -0.140. The van der Waals surface area contributed by atoms with Crippen LogP contribution in [-0.4, -0.2) is 19.1 Å². The second-order valence-electron chi connectivity index (χ2n) is 3.02. The number of anilines is 1. The van der Waals surface area contributed by atoms with E-state index in [1.54, 1.807) is 6.92 Å². The molecule has 15 heavy (non-hydrogen) atoms. The second-order valence-corrected chi connectivity index (χ2v) is 3.02. The summed E-state index contributed by atoms with van der Waals surface area (Å²) in [5.41, 5.74) is 7.43. The summed E-state index contributed by atoms with van der Waals surface area (Å²) in [7, 11) is 0. The first-order valence-electron chi connectivity index (χ1n) is 4.95. The highest BCUT2D eigenvalue weighted by Gasteiger charge is 2.03. The molecule has 0 bridgehead atoms. The van der Waals surface area contributed by atoms with E-state index in [1.807, 2.05) is 24.3 Å². The van der Waals surface area contributed by atoms with E-state index >= 15 is 0 Å². The van der Waals surface area contributed by atoms with Gasteiger partial charge in [-0.3, -0.25) is 4.79 Å². The molecule has 82 valence electrons. The summed E-state index contributed by atoms with van der Waals surface area (Å²) < 4.78 is 4.80. The standard InChI is InChI=1S/C11H16N2O2/c1-2-15-11(14)8-13-10-6-4-3-5-9(10)7-12/h3-6,13H,2,7-8,12H2,1H3. The normalized spacial score (nSPS) is 9.73. The number of nitrogens with two attached hydrogens (primary N) is 1. The van der Waals surface area contributed by atoms with Gasteiger partial charge in [0.05, 0.1) is 6.61 Å². The highest BCUT2D eigenvalue weighted by atomic mass is 16.5. The Labute approximate surface area is 89.4 Å². The van der Waals surface area contributed by atoms with Crippen LogP contribution in [0.1, 0.15) is 12.5 Å². The third kappa shape index (κ3) is 3.59. The molecule has 0 aliphatic heterocycles. The average Bonchev–Trinajstić information content (AvgIpc) is 2.27. The molecule has 1 aromatic carbocycles. The fraction of sp³-hybridized carbons (Fsp3) is 0.364. The summed E-state index contributed by atoms with van der Waals surface area (Å²) in [4.78, 5) is 11.1. The number of carbonyl (C=O) groups excluding carboxylic acids is 1. The van der Waals surface area contributed by atoms with Crippen molar-refractivity contribution in [3.05, 3.63) is 29.8 Å². The van der Waals surface area contributed by atoms with Crippen molar-refractivity contribution in [1.82, 2.24) is 0 Å². The molecular weight excluding hydrogens is 192 g/mol. The fourth-order valence-electron chi connectivity index (χ4n) is 1.25. The van der Waals surface area contributed by atoms with Crippen LogP contribution in [0, 0.1) is 0 Å². The SMILES string of the molecule is CCOC(=O)CNc1ccccc1CN. The molecule has 0 aliphatic rings. The maximum Gasteiger partial charge on any atom is 0.325 e. The van der Waals surface area contributed by atoms with Crippen LogP contribution in [0.4, 0.5) is 5.69 Å². The largest absolute Gasteiger partial charge is 0.465 e. The molecule has 4 nitrogen and oxygen atoms in total. The number of benzene rings is 1. The Hall–Kier alpha value is -1.55. The Bertz CT molecular complexity index is 326. The topological polar surface area (TPSA) is 64.3 Å². The Kier molecular flexibility index (Phi) is 4.63. The van der Waals surface area contributed by atoms with Crippen LogP contribution in [0.5, 0.6) is 0 Å². The molecule has 0 aromatic heterocycles. The van der Waals surface area contributed by atoms with Gasteiger partial charge >= 0.3 is 5.97 Å². The van der Waals surface area contributed by atoms with Gasteiger partial charge in [0.2, 0.25) is 0 Å². The minimum absolute atomic E-state index is 0.171. The van der Waals surface area contributed by atoms with E-state index in [4.69, 9.17) is 10.5 Å². The molecule has 0 unspecified atom stereocenters. The lowest BCUT2D eigenvalue weighted by Gasteiger charge is -2.09. The van der Waals surface area contributed by atoms with Crippen LogP contribution in [0.3, 0.4) is 0 Å². The zero-order chi connectivity index (χ0) is 11.1. The molecule has 0 fully saturated rings. The van der Waals surface area contributed by atoms with E-state index in [-0.39, 0.29) is 12.5 Å². The Morgan fingerprint density at radius 2 is 2.20 bits per heavy atom. The zero-order valence-corrected chi connectivity index (χ0v) is 8.82. The van der Waals surface area contributed by atoms with E-state index in [1.165, 1.54) is 0 Å².